The van der Waals surface area contributed by atoms with E-state index < -0.39 is 0 Å². The summed E-state index contributed by atoms with van der Waals surface area (Å²) < 4.78 is 5.67. The Labute approximate surface area is 99.5 Å². The molecule has 1 N–H and O–H groups in total. The maximum absolute atomic E-state index is 5.67. The van der Waals surface area contributed by atoms with Gasteiger partial charge in [0.05, 0.1) is 6.61 Å². The highest BCUT2D eigenvalue weighted by molar-refractivity contribution is 4.95. The second-order valence-electron chi connectivity index (χ2n) is 5.65. The number of ether oxygens (including phenoxy) is 1. The van der Waals surface area contributed by atoms with Crippen LogP contribution in [0.3, 0.4) is 0 Å². The van der Waals surface area contributed by atoms with Gasteiger partial charge in [0.25, 0.3) is 0 Å². The molecule has 94 valence electrons. The molecule has 2 rings (SSSR count). The third-order valence-corrected chi connectivity index (χ3v) is 3.71. The van der Waals surface area contributed by atoms with E-state index in [4.69, 9.17) is 4.74 Å². The topological polar surface area (TPSA) is 24.5 Å². The molecule has 0 aromatic rings. The van der Waals surface area contributed by atoms with Crippen LogP contribution in [0.5, 0.6) is 0 Å². The van der Waals surface area contributed by atoms with Crippen LogP contribution in [0.15, 0.2) is 0 Å². The molecule has 0 amide bonds. The molecule has 1 saturated carbocycles. The smallest absolute Gasteiger partial charge is 0.0637 e. The fourth-order valence-corrected chi connectivity index (χ4v) is 2.77. The monoisotopic (exact) mass is 226 g/mol. The first kappa shape index (κ1) is 12.3. The Hall–Kier alpha value is -0.120. The Morgan fingerprint density at radius 2 is 2.06 bits per heavy atom. The molecule has 0 aromatic heterocycles. The van der Waals surface area contributed by atoms with E-state index in [1.807, 2.05) is 0 Å². The molecule has 0 bridgehead atoms. The van der Waals surface area contributed by atoms with Crippen molar-refractivity contribution in [3.8, 4) is 0 Å². The molecule has 2 unspecified atom stereocenters. The molecule has 1 aliphatic heterocycles. The molecular weight excluding hydrogens is 200 g/mol. The number of hydrogen-bond donors (Lipinski definition) is 1. The summed E-state index contributed by atoms with van der Waals surface area (Å²) in [5.74, 6) is 0.750. The maximum atomic E-state index is 5.67. The molecule has 2 aliphatic rings. The van der Waals surface area contributed by atoms with Crippen molar-refractivity contribution in [1.29, 1.82) is 0 Å². The third kappa shape index (κ3) is 2.96. The Kier molecular flexibility index (Phi) is 4.22. The second kappa shape index (κ2) is 5.48. The van der Waals surface area contributed by atoms with Crippen LogP contribution < -0.4 is 5.32 Å². The van der Waals surface area contributed by atoms with Crippen LogP contribution in [0.4, 0.5) is 0 Å². The molecule has 0 aromatic carbocycles. The Morgan fingerprint density at radius 1 is 1.31 bits per heavy atom. The van der Waals surface area contributed by atoms with Crippen LogP contribution in [0, 0.1) is 5.92 Å². The standard InChI is InChI=1S/C13H26N2O/c1-10(2)8-15(11-4-5-11)13-9-16-7-6-12(13)14-3/h10-14H,4-9H2,1-3H3. The summed E-state index contributed by atoms with van der Waals surface area (Å²) in [4.78, 5) is 2.70. The first-order valence-corrected chi connectivity index (χ1v) is 6.73. The normalized spacial score (nSPS) is 31.3. The van der Waals surface area contributed by atoms with Gasteiger partial charge in [-0.05, 0) is 32.2 Å². The van der Waals surface area contributed by atoms with Crippen molar-refractivity contribution in [2.24, 2.45) is 5.92 Å². The molecule has 1 aliphatic carbocycles. The highest BCUT2D eigenvalue weighted by atomic mass is 16.5. The molecule has 2 fully saturated rings. The van der Waals surface area contributed by atoms with E-state index in [1.165, 1.54) is 19.4 Å². The zero-order valence-corrected chi connectivity index (χ0v) is 10.9. The van der Waals surface area contributed by atoms with E-state index >= 15 is 0 Å². The van der Waals surface area contributed by atoms with Gasteiger partial charge in [0, 0.05) is 31.3 Å². The van der Waals surface area contributed by atoms with E-state index in [2.05, 4.69) is 31.1 Å². The number of nitrogens with one attached hydrogen (secondary N) is 1. The van der Waals surface area contributed by atoms with Crippen molar-refractivity contribution in [2.45, 2.75) is 51.2 Å². The van der Waals surface area contributed by atoms with Gasteiger partial charge in [-0.1, -0.05) is 13.8 Å². The zero-order chi connectivity index (χ0) is 11.5. The van der Waals surface area contributed by atoms with Crippen molar-refractivity contribution >= 4 is 0 Å². The van der Waals surface area contributed by atoms with Crippen LogP contribution in [-0.2, 0) is 4.74 Å². The van der Waals surface area contributed by atoms with E-state index in [0.717, 1.165) is 31.6 Å². The second-order valence-corrected chi connectivity index (χ2v) is 5.65. The van der Waals surface area contributed by atoms with Crippen molar-refractivity contribution in [3.05, 3.63) is 0 Å². The molecule has 3 nitrogen and oxygen atoms in total. The lowest BCUT2D eigenvalue weighted by Crippen LogP contribution is -2.56. The van der Waals surface area contributed by atoms with Crippen molar-refractivity contribution in [1.82, 2.24) is 10.2 Å². The quantitative estimate of drug-likeness (QED) is 0.768. The highest BCUT2D eigenvalue weighted by Crippen LogP contribution is 2.31. The predicted molar refractivity (Wildman–Crippen MR) is 66.6 cm³/mol. The number of hydrogen-bond acceptors (Lipinski definition) is 3. The first-order valence-electron chi connectivity index (χ1n) is 6.73. The van der Waals surface area contributed by atoms with Crippen LogP contribution in [-0.4, -0.2) is 49.8 Å². The van der Waals surface area contributed by atoms with Crippen molar-refractivity contribution < 1.29 is 4.74 Å². The summed E-state index contributed by atoms with van der Waals surface area (Å²) in [5, 5.41) is 3.47. The Bertz CT molecular complexity index is 216. The summed E-state index contributed by atoms with van der Waals surface area (Å²) in [6.45, 7) is 7.68. The fraction of sp³-hybridized carbons (Fsp3) is 1.00. The van der Waals surface area contributed by atoms with Crippen LogP contribution >= 0.6 is 0 Å². The van der Waals surface area contributed by atoms with Crippen LogP contribution in [0.1, 0.15) is 33.1 Å². The van der Waals surface area contributed by atoms with Crippen molar-refractivity contribution in [2.75, 3.05) is 26.8 Å². The van der Waals surface area contributed by atoms with Gasteiger partial charge in [-0.2, -0.15) is 0 Å². The fourth-order valence-electron chi connectivity index (χ4n) is 2.77. The van der Waals surface area contributed by atoms with E-state index in [-0.39, 0.29) is 0 Å². The van der Waals surface area contributed by atoms with E-state index in [1.54, 1.807) is 0 Å². The average molecular weight is 226 g/mol. The number of rotatable bonds is 5. The summed E-state index contributed by atoms with van der Waals surface area (Å²) >= 11 is 0. The summed E-state index contributed by atoms with van der Waals surface area (Å²) in [6, 6.07) is 2.05. The minimum atomic E-state index is 0.591. The molecule has 2 atom stereocenters. The Balaban J connectivity index is 1.98. The predicted octanol–water partition coefficient (Wildman–Crippen LogP) is 1.48. The molecule has 0 radical (unpaired) electrons. The van der Waals surface area contributed by atoms with E-state index in [9.17, 15) is 0 Å². The minimum absolute atomic E-state index is 0.591. The van der Waals surface area contributed by atoms with Gasteiger partial charge in [-0.25, -0.2) is 0 Å². The van der Waals surface area contributed by atoms with Gasteiger partial charge in [0.1, 0.15) is 0 Å². The van der Waals surface area contributed by atoms with Gasteiger partial charge in [-0.15, -0.1) is 0 Å². The highest BCUT2D eigenvalue weighted by Gasteiger charge is 2.38. The zero-order valence-electron chi connectivity index (χ0n) is 10.9. The van der Waals surface area contributed by atoms with Crippen molar-refractivity contribution in [3.63, 3.8) is 0 Å². The minimum Gasteiger partial charge on any atom is -0.380 e. The van der Waals surface area contributed by atoms with Gasteiger partial charge in [-0.3, -0.25) is 4.90 Å². The van der Waals surface area contributed by atoms with Gasteiger partial charge < -0.3 is 10.1 Å². The summed E-state index contributed by atoms with van der Waals surface area (Å²) in [5.41, 5.74) is 0. The lowest BCUT2D eigenvalue weighted by molar-refractivity contribution is -0.00882. The van der Waals surface area contributed by atoms with Crippen LogP contribution in [0.25, 0.3) is 0 Å². The number of likely N-dealkylation sites (N-methyl/N-ethyl adjacent to an activating group) is 1. The lowest BCUT2D eigenvalue weighted by Gasteiger charge is -2.40. The SMILES string of the molecule is CNC1CCOCC1N(CC(C)C)C1CC1. The van der Waals surface area contributed by atoms with Gasteiger partial charge in [0.2, 0.25) is 0 Å². The first-order chi connectivity index (χ1) is 7.72. The molecule has 1 heterocycles. The molecule has 0 spiro atoms. The molecule has 1 saturated heterocycles. The summed E-state index contributed by atoms with van der Waals surface area (Å²) in [6.07, 6.45) is 3.93. The van der Waals surface area contributed by atoms with Gasteiger partial charge >= 0.3 is 0 Å². The maximum Gasteiger partial charge on any atom is 0.0637 e. The molecule has 3 heteroatoms. The third-order valence-electron chi connectivity index (χ3n) is 3.71. The lowest BCUT2D eigenvalue weighted by atomic mass is 10.0. The number of nitrogens with zero attached hydrogens (tertiary/aromatic N) is 1. The average Bonchev–Trinajstić information content (AvgIpc) is 3.09. The Morgan fingerprint density at radius 3 is 2.62 bits per heavy atom. The van der Waals surface area contributed by atoms with Gasteiger partial charge in [0.15, 0.2) is 0 Å². The largest absolute Gasteiger partial charge is 0.380 e. The van der Waals surface area contributed by atoms with E-state index in [0.29, 0.717) is 12.1 Å². The molecular formula is C13H26N2O. The summed E-state index contributed by atoms with van der Waals surface area (Å²) in [7, 11) is 2.09. The molecule has 16 heavy (non-hydrogen) atoms. The van der Waals surface area contributed by atoms with Crippen LogP contribution in [0.2, 0.25) is 0 Å².